The van der Waals surface area contributed by atoms with Crippen LogP contribution in [-0.4, -0.2) is 41.4 Å². The van der Waals surface area contributed by atoms with Crippen molar-refractivity contribution in [2.75, 3.05) is 6.61 Å². The number of benzene rings is 3. The van der Waals surface area contributed by atoms with Crippen LogP contribution in [0.25, 0.3) is 11.1 Å². The molecule has 0 aromatic heterocycles. The van der Waals surface area contributed by atoms with E-state index >= 15 is 0 Å². The Kier molecular flexibility index (Phi) is 6.30. The van der Waals surface area contributed by atoms with Crippen molar-refractivity contribution >= 4 is 6.09 Å². The second-order valence-corrected chi connectivity index (χ2v) is 10.4. The number of rotatable bonds is 5. The van der Waals surface area contributed by atoms with Crippen LogP contribution in [-0.2, 0) is 10.3 Å². The maximum absolute atomic E-state index is 14.9. The van der Waals surface area contributed by atoms with Gasteiger partial charge in [0, 0.05) is 30.8 Å². The minimum atomic E-state index is -3.15. The zero-order chi connectivity index (χ0) is 26.4. The van der Waals surface area contributed by atoms with E-state index in [2.05, 4.69) is 29.0 Å². The molecule has 5 nitrogen and oxygen atoms in total. The lowest BCUT2D eigenvalue weighted by Crippen LogP contribution is -2.59. The summed E-state index contributed by atoms with van der Waals surface area (Å²) in [6, 6.07) is 19.0. The molecule has 0 saturated carbocycles. The molecule has 0 spiro atoms. The van der Waals surface area contributed by atoms with Crippen LogP contribution < -0.4 is 4.74 Å². The summed E-state index contributed by atoms with van der Waals surface area (Å²) in [4.78, 5) is 15.1. The summed E-state index contributed by atoms with van der Waals surface area (Å²) in [5, 5.41) is 11.6. The standard InChI is InChI=1S/C30H28F3NO4/c31-25-13-6-14-26(38-28(32)33)27(25)30(36)15-18-7-5-8-19(16-30)34(18)29(35)37-17-24-22-11-3-1-9-20(22)21-10-2-4-12-23(21)24/h1-4,6,9-14,18-19,24,28,36H,5,7-8,15-17H2. The van der Waals surface area contributed by atoms with Crippen LogP contribution in [0.2, 0.25) is 0 Å². The normalized spacial score (nSPS) is 24.2. The SMILES string of the molecule is O=C(OCC1c2ccccc2-c2ccccc21)N1C2CCCC1CC(O)(c1c(F)cccc1OC(F)F)C2. The van der Waals surface area contributed by atoms with Crippen LogP contribution in [0.1, 0.15) is 54.7 Å². The van der Waals surface area contributed by atoms with Gasteiger partial charge in [0.05, 0.1) is 5.56 Å². The fraction of sp³-hybridized carbons (Fsp3) is 0.367. The monoisotopic (exact) mass is 523 g/mol. The first kappa shape index (κ1) is 24.8. The van der Waals surface area contributed by atoms with E-state index in [1.807, 2.05) is 24.3 Å². The summed E-state index contributed by atoms with van der Waals surface area (Å²) in [5.74, 6) is -1.27. The van der Waals surface area contributed by atoms with E-state index < -0.39 is 36.2 Å². The molecule has 1 amide bonds. The van der Waals surface area contributed by atoms with E-state index in [9.17, 15) is 23.1 Å². The van der Waals surface area contributed by atoms with Gasteiger partial charge in [-0.2, -0.15) is 8.78 Å². The molecule has 198 valence electrons. The lowest BCUT2D eigenvalue weighted by Gasteiger charge is -2.51. The third-order valence-corrected chi connectivity index (χ3v) is 8.21. The fourth-order valence-electron chi connectivity index (χ4n) is 6.75. The molecule has 0 radical (unpaired) electrons. The molecule has 2 aliphatic heterocycles. The number of fused-ring (bicyclic) bond motifs is 5. The van der Waals surface area contributed by atoms with Crippen molar-refractivity contribution in [3.05, 3.63) is 89.2 Å². The summed E-state index contributed by atoms with van der Waals surface area (Å²) < 4.78 is 51.4. The molecule has 2 saturated heterocycles. The summed E-state index contributed by atoms with van der Waals surface area (Å²) >= 11 is 0. The number of amides is 1. The van der Waals surface area contributed by atoms with E-state index in [-0.39, 0.29) is 36.7 Å². The number of carbonyl (C=O) groups is 1. The van der Waals surface area contributed by atoms with Crippen molar-refractivity contribution in [2.45, 2.75) is 62.3 Å². The third kappa shape index (κ3) is 4.21. The molecule has 1 aliphatic carbocycles. The lowest BCUT2D eigenvalue weighted by atomic mass is 9.72. The average Bonchev–Trinajstić information content (AvgIpc) is 3.20. The van der Waals surface area contributed by atoms with Gasteiger partial charge in [-0.3, -0.25) is 0 Å². The molecular weight excluding hydrogens is 495 g/mol. The molecule has 2 heterocycles. The van der Waals surface area contributed by atoms with E-state index in [1.54, 1.807) is 4.90 Å². The molecule has 3 aliphatic rings. The van der Waals surface area contributed by atoms with Gasteiger partial charge in [0.25, 0.3) is 0 Å². The van der Waals surface area contributed by atoms with Gasteiger partial charge < -0.3 is 19.5 Å². The van der Waals surface area contributed by atoms with Crippen LogP contribution in [0.5, 0.6) is 5.75 Å². The molecule has 2 unspecified atom stereocenters. The number of ether oxygens (including phenoxy) is 2. The largest absolute Gasteiger partial charge is 0.448 e. The van der Waals surface area contributed by atoms with Gasteiger partial charge in [-0.25, -0.2) is 9.18 Å². The van der Waals surface area contributed by atoms with Crippen molar-refractivity contribution in [2.24, 2.45) is 0 Å². The molecule has 6 rings (SSSR count). The lowest BCUT2D eigenvalue weighted by molar-refractivity contribution is -0.0961. The van der Waals surface area contributed by atoms with Gasteiger partial charge in [-0.15, -0.1) is 0 Å². The first-order valence-electron chi connectivity index (χ1n) is 13.0. The van der Waals surface area contributed by atoms with E-state index in [0.717, 1.165) is 34.7 Å². The topological polar surface area (TPSA) is 59.0 Å². The number of halogens is 3. The molecule has 2 fully saturated rings. The van der Waals surface area contributed by atoms with Crippen molar-refractivity contribution in [1.29, 1.82) is 0 Å². The van der Waals surface area contributed by atoms with Crippen LogP contribution in [0, 0.1) is 5.82 Å². The number of hydrogen-bond acceptors (Lipinski definition) is 4. The molecule has 1 N–H and O–H groups in total. The summed E-state index contributed by atoms with van der Waals surface area (Å²) in [6.07, 6.45) is 1.59. The minimum Gasteiger partial charge on any atom is -0.448 e. The highest BCUT2D eigenvalue weighted by molar-refractivity contribution is 5.79. The first-order chi connectivity index (χ1) is 18.4. The van der Waals surface area contributed by atoms with Gasteiger partial charge in [-0.1, -0.05) is 54.6 Å². The zero-order valence-corrected chi connectivity index (χ0v) is 20.7. The van der Waals surface area contributed by atoms with E-state index in [1.165, 1.54) is 12.1 Å². The predicted molar refractivity (Wildman–Crippen MR) is 134 cm³/mol. The highest BCUT2D eigenvalue weighted by Crippen LogP contribution is 2.49. The van der Waals surface area contributed by atoms with Crippen LogP contribution in [0.4, 0.5) is 18.0 Å². The Hall–Kier alpha value is -3.52. The number of aliphatic hydroxyl groups is 1. The van der Waals surface area contributed by atoms with Crippen molar-refractivity contribution in [1.82, 2.24) is 4.90 Å². The molecule has 8 heteroatoms. The Morgan fingerprint density at radius 1 is 0.947 bits per heavy atom. The Morgan fingerprint density at radius 3 is 2.16 bits per heavy atom. The Bertz CT molecular complexity index is 1300. The van der Waals surface area contributed by atoms with Crippen LogP contribution in [0.3, 0.4) is 0 Å². The van der Waals surface area contributed by atoms with E-state index in [0.29, 0.717) is 12.8 Å². The molecule has 3 aromatic rings. The maximum Gasteiger partial charge on any atom is 0.410 e. The van der Waals surface area contributed by atoms with Crippen LogP contribution in [0.15, 0.2) is 66.7 Å². The maximum atomic E-state index is 14.9. The number of hydrogen-bond donors (Lipinski definition) is 1. The summed E-state index contributed by atoms with van der Waals surface area (Å²) in [6.45, 7) is -2.98. The number of carbonyl (C=O) groups excluding carboxylic acids is 1. The van der Waals surface area contributed by atoms with Gasteiger partial charge in [-0.05, 0) is 53.6 Å². The average molecular weight is 524 g/mol. The minimum absolute atomic E-state index is 0.00816. The number of alkyl halides is 2. The second-order valence-electron chi connectivity index (χ2n) is 10.4. The smallest absolute Gasteiger partial charge is 0.410 e. The third-order valence-electron chi connectivity index (χ3n) is 8.21. The summed E-state index contributed by atoms with van der Waals surface area (Å²) in [5.41, 5.74) is 2.48. The Balaban J connectivity index is 1.22. The van der Waals surface area contributed by atoms with Gasteiger partial charge in [0.15, 0.2) is 0 Å². The molecular formula is C30H28F3NO4. The fourth-order valence-corrected chi connectivity index (χ4v) is 6.75. The number of piperidine rings is 2. The second kappa shape index (κ2) is 9.66. The van der Waals surface area contributed by atoms with Crippen molar-refractivity contribution in [3.63, 3.8) is 0 Å². The highest BCUT2D eigenvalue weighted by Gasteiger charge is 2.51. The van der Waals surface area contributed by atoms with Gasteiger partial charge >= 0.3 is 12.7 Å². The van der Waals surface area contributed by atoms with Gasteiger partial charge in [0.1, 0.15) is 23.8 Å². The van der Waals surface area contributed by atoms with Crippen molar-refractivity contribution < 1.29 is 32.5 Å². The van der Waals surface area contributed by atoms with Gasteiger partial charge in [0.2, 0.25) is 0 Å². The molecule has 38 heavy (non-hydrogen) atoms. The predicted octanol–water partition coefficient (Wildman–Crippen LogP) is 6.58. The quantitative estimate of drug-likeness (QED) is 0.411. The number of nitrogens with zero attached hydrogens (tertiary/aromatic N) is 1. The highest BCUT2D eigenvalue weighted by atomic mass is 19.3. The Labute approximate surface area is 218 Å². The zero-order valence-electron chi connectivity index (χ0n) is 20.7. The molecule has 2 atom stereocenters. The molecule has 2 bridgehead atoms. The first-order valence-corrected chi connectivity index (χ1v) is 13.0. The van der Waals surface area contributed by atoms with E-state index in [4.69, 9.17) is 4.74 Å². The summed E-state index contributed by atoms with van der Waals surface area (Å²) in [7, 11) is 0. The molecule has 3 aromatic carbocycles. The van der Waals surface area contributed by atoms with Crippen molar-refractivity contribution in [3.8, 4) is 16.9 Å². The van der Waals surface area contributed by atoms with Crippen LogP contribution >= 0.6 is 0 Å². The Morgan fingerprint density at radius 2 is 1.55 bits per heavy atom.